The molecule has 2 heterocycles. The van der Waals surface area contributed by atoms with E-state index in [-0.39, 0.29) is 112 Å². The maximum Gasteiger partial charge on any atom is 0.305 e. The van der Waals surface area contributed by atoms with Crippen LogP contribution in [0.5, 0.6) is 0 Å². The Hall–Kier alpha value is -7.28. The summed E-state index contributed by atoms with van der Waals surface area (Å²) in [6, 6.07) is 49.6. The Morgan fingerprint density at radius 1 is 0.434 bits per heavy atom. The molecule has 0 aliphatic heterocycles. The number of hydrogen-bond donors (Lipinski definition) is 8. The van der Waals surface area contributed by atoms with Crippen molar-refractivity contribution in [1.29, 1.82) is 0 Å². The number of aliphatic hydroxyl groups is 4. The summed E-state index contributed by atoms with van der Waals surface area (Å²) >= 11 is 0. The van der Waals surface area contributed by atoms with E-state index in [1.165, 1.54) is 24.3 Å². The Balaban J connectivity index is 0.000000263. The molecule has 17 heteroatoms. The monoisotopic (exact) mass is 1160 g/mol. The molecule has 430 valence electrons. The fourth-order valence-electron chi connectivity index (χ4n) is 10.4. The molecule has 2 amide bonds. The molecular formula is C66H70CaF2N4O10. The van der Waals surface area contributed by atoms with Crippen LogP contribution in [0.4, 0.5) is 20.2 Å². The number of nitrogens with zero attached hydrogens (tertiary/aromatic N) is 2. The Kier molecular flexibility index (Phi) is 24.1. The van der Waals surface area contributed by atoms with Gasteiger partial charge in [0, 0.05) is 84.7 Å². The molecule has 0 bridgehead atoms. The zero-order valence-electron chi connectivity index (χ0n) is 47.0. The van der Waals surface area contributed by atoms with Crippen molar-refractivity contribution in [1.82, 2.24) is 9.13 Å². The van der Waals surface area contributed by atoms with Gasteiger partial charge in [-0.3, -0.25) is 19.2 Å². The van der Waals surface area contributed by atoms with Crippen LogP contribution in [-0.4, -0.2) is 126 Å². The Bertz CT molecular complexity index is 3170. The fourth-order valence-corrected chi connectivity index (χ4v) is 10.4. The molecule has 0 aliphatic carbocycles. The minimum absolute atomic E-state index is 0. The molecule has 14 nitrogen and oxygen atoms in total. The number of carbonyl (C=O) groups is 4. The molecule has 2 radical (unpaired) electrons. The van der Waals surface area contributed by atoms with Gasteiger partial charge in [0.05, 0.1) is 59.8 Å². The third kappa shape index (κ3) is 17.4. The minimum Gasteiger partial charge on any atom is -0.481 e. The number of aromatic nitrogens is 2. The number of aliphatic hydroxyl groups excluding tert-OH is 4. The SMILES string of the molecule is CC(C)c1c(C(=O)Nc2ccccc2)c(-c2ccccc2)c(-c2ccc(F)cc2)n1CC[C@H](O)C[C@H](O)CC(=O)O.CC(C)c1c(C(=O)Nc2ccccc2)c(-c2ccccc2)c(-c2ccc(F)cc2)n1CC[C@H](O)C[C@H](O)CC(=O)O.[Ca]. The van der Waals surface area contributed by atoms with E-state index in [9.17, 15) is 48.4 Å². The molecular weight excluding hydrogens is 1090 g/mol. The summed E-state index contributed by atoms with van der Waals surface area (Å²) in [5, 5.41) is 65.6. The van der Waals surface area contributed by atoms with Crippen LogP contribution in [0.3, 0.4) is 0 Å². The summed E-state index contributed by atoms with van der Waals surface area (Å²) in [6.07, 6.45) is -5.01. The van der Waals surface area contributed by atoms with E-state index in [0.717, 1.165) is 22.5 Å². The van der Waals surface area contributed by atoms with Gasteiger partial charge in [-0.1, -0.05) is 125 Å². The van der Waals surface area contributed by atoms with Crippen molar-refractivity contribution < 1.29 is 58.6 Å². The van der Waals surface area contributed by atoms with Crippen molar-refractivity contribution >= 4 is 72.9 Å². The first-order valence-electron chi connectivity index (χ1n) is 27.3. The van der Waals surface area contributed by atoms with Crippen LogP contribution in [0.2, 0.25) is 0 Å². The molecule has 8 rings (SSSR count). The summed E-state index contributed by atoms with van der Waals surface area (Å²) in [6.45, 7) is 8.50. The van der Waals surface area contributed by atoms with Crippen molar-refractivity contribution in [2.24, 2.45) is 0 Å². The molecule has 8 N–H and O–H groups in total. The molecule has 0 unspecified atom stereocenters. The Morgan fingerprint density at radius 3 is 1.02 bits per heavy atom. The van der Waals surface area contributed by atoms with E-state index in [2.05, 4.69) is 10.6 Å². The zero-order valence-corrected chi connectivity index (χ0v) is 49.2. The predicted octanol–water partition coefficient (Wildman–Crippen LogP) is 12.2. The third-order valence-electron chi connectivity index (χ3n) is 13.9. The van der Waals surface area contributed by atoms with Crippen LogP contribution >= 0.6 is 0 Å². The second kappa shape index (κ2) is 30.9. The number of halogens is 2. The first-order valence-corrected chi connectivity index (χ1v) is 27.3. The van der Waals surface area contributed by atoms with Gasteiger partial charge in [-0.2, -0.15) is 0 Å². The summed E-state index contributed by atoms with van der Waals surface area (Å²) in [5.74, 6) is -3.87. The smallest absolute Gasteiger partial charge is 0.305 e. The number of nitrogens with one attached hydrogen (secondary N) is 2. The molecule has 0 fully saturated rings. The molecule has 0 aliphatic rings. The van der Waals surface area contributed by atoms with Crippen molar-refractivity contribution in [3.63, 3.8) is 0 Å². The van der Waals surface area contributed by atoms with Gasteiger partial charge in [-0.15, -0.1) is 0 Å². The Morgan fingerprint density at radius 2 is 0.735 bits per heavy atom. The van der Waals surface area contributed by atoms with Gasteiger partial charge in [0.2, 0.25) is 0 Å². The van der Waals surface area contributed by atoms with Crippen molar-refractivity contribution in [3.05, 3.63) is 204 Å². The number of carboxylic acid groups (broad SMARTS) is 2. The maximum atomic E-state index is 14.0. The second-order valence-corrected chi connectivity index (χ2v) is 20.8. The number of carboxylic acids is 2. The number of rotatable bonds is 24. The van der Waals surface area contributed by atoms with E-state index < -0.39 is 49.2 Å². The van der Waals surface area contributed by atoms with Gasteiger partial charge in [-0.05, 0) is 133 Å². The number of benzene rings is 6. The largest absolute Gasteiger partial charge is 0.481 e. The molecule has 4 atom stereocenters. The number of aliphatic carboxylic acids is 2. The summed E-state index contributed by atoms with van der Waals surface area (Å²) in [4.78, 5) is 50.0. The number of anilines is 2. The first kappa shape index (κ1) is 64.9. The fraction of sp³-hybridized carbons (Fsp3) is 0.273. The first-order chi connectivity index (χ1) is 39.3. The number of para-hydroxylation sites is 2. The molecule has 83 heavy (non-hydrogen) atoms. The predicted molar refractivity (Wildman–Crippen MR) is 320 cm³/mol. The number of amides is 2. The number of hydrogen-bond acceptors (Lipinski definition) is 8. The standard InChI is InChI=1S/2C33H35FN2O5.Ca/c2*1-21(2)31-30(33(41)35-25-11-7-4-8-12-25)29(22-9-5-3-6-10-22)32(23-13-15-24(34)16-14-23)36(31)18-17-26(37)19-27(38)20-28(39)40;/h2*3-16,21,26-27,37-38H,17-20H2,1-2H3,(H,35,41)(H,39,40);/t2*26-,27-;/m00./s1. The van der Waals surface area contributed by atoms with E-state index in [1.54, 1.807) is 24.3 Å². The van der Waals surface area contributed by atoms with Crippen LogP contribution in [-0.2, 0) is 22.7 Å². The average Bonchev–Trinajstić information content (AvgIpc) is 3.14. The van der Waals surface area contributed by atoms with Crippen molar-refractivity contribution in [2.45, 2.75) is 116 Å². The summed E-state index contributed by atoms with van der Waals surface area (Å²) < 4.78 is 32.0. The van der Waals surface area contributed by atoms with Gasteiger partial charge >= 0.3 is 11.9 Å². The van der Waals surface area contributed by atoms with Gasteiger partial charge in [-0.25, -0.2) is 8.78 Å². The minimum atomic E-state index is -1.18. The van der Waals surface area contributed by atoms with Crippen LogP contribution < -0.4 is 10.6 Å². The normalized spacial score (nSPS) is 12.6. The van der Waals surface area contributed by atoms with Crippen molar-refractivity contribution in [2.75, 3.05) is 10.6 Å². The van der Waals surface area contributed by atoms with E-state index in [4.69, 9.17) is 10.2 Å². The number of carbonyl (C=O) groups excluding carboxylic acids is 2. The van der Waals surface area contributed by atoms with E-state index in [0.29, 0.717) is 56.1 Å². The van der Waals surface area contributed by atoms with Gasteiger partial charge in [0.25, 0.3) is 11.8 Å². The topological polar surface area (TPSA) is 224 Å². The molecule has 0 spiro atoms. The third-order valence-corrected chi connectivity index (χ3v) is 13.9. The van der Waals surface area contributed by atoms with E-state index >= 15 is 0 Å². The van der Waals surface area contributed by atoms with E-state index in [1.807, 2.05) is 158 Å². The maximum absolute atomic E-state index is 14.0. The average molecular weight is 1160 g/mol. The molecule has 0 saturated carbocycles. The summed E-state index contributed by atoms with van der Waals surface area (Å²) in [5.41, 5.74) is 9.55. The van der Waals surface area contributed by atoms with Gasteiger partial charge in [0.15, 0.2) is 0 Å². The molecule has 8 aromatic rings. The second-order valence-electron chi connectivity index (χ2n) is 20.8. The molecule has 6 aromatic carbocycles. The molecule has 0 saturated heterocycles. The Labute approximate surface area is 512 Å². The molecule has 2 aromatic heterocycles. The van der Waals surface area contributed by atoms with Gasteiger partial charge in [0.1, 0.15) is 11.6 Å². The van der Waals surface area contributed by atoms with Crippen molar-refractivity contribution in [3.8, 4) is 44.8 Å². The zero-order chi connectivity index (χ0) is 59.0. The quantitative estimate of drug-likeness (QED) is 0.0267. The van der Waals surface area contributed by atoms with Gasteiger partial charge < -0.3 is 50.4 Å². The summed E-state index contributed by atoms with van der Waals surface area (Å²) in [7, 11) is 0. The van der Waals surface area contributed by atoms with Crippen LogP contribution in [0.25, 0.3) is 44.8 Å². The van der Waals surface area contributed by atoms with Crippen LogP contribution in [0.15, 0.2) is 170 Å². The van der Waals surface area contributed by atoms with Crippen LogP contribution in [0, 0.1) is 11.6 Å². The van der Waals surface area contributed by atoms with Crippen LogP contribution in [0.1, 0.15) is 110 Å².